The van der Waals surface area contributed by atoms with E-state index in [1.165, 1.54) is 24.1 Å². The number of carbonyl (C=O) groups is 2. The van der Waals surface area contributed by atoms with E-state index in [0.717, 1.165) is 30.8 Å². The van der Waals surface area contributed by atoms with Crippen molar-refractivity contribution in [2.24, 2.45) is 5.92 Å². The zero-order valence-electron chi connectivity index (χ0n) is 14.4. The number of nitrogens with zero attached hydrogens (tertiary/aromatic N) is 1. The molecule has 1 amide bonds. The van der Waals surface area contributed by atoms with E-state index in [9.17, 15) is 9.59 Å². The molecule has 0 saturated carbocycles. The molecule has 0 spiro atoms. The average Bonchev–Trinajstić information content (AvgIpc) is 3.15. The van der Waals surface area contributed by atoms with Gasteiger partial charge in [0.05, 0.1) is 17.6 Å². The normalized spacial score (nSPS) is 15.0. The number of aromatic carboxylic acids is 1. The number of thioether (sulfide) groups is 1. The van der Waals surface area contributed by atoms with Crippen molar-refractivity contribution in [2.75, 3.05) is 13.1 Å². The third-order valence-corrected chi connectivity index (χ3v) is 5.69. The largest absolute Gasteiger partial charge is 0.478 e. The monoisotopic (exact) mass is 371 g/mol. The summed E-state index contributed by atoms with van der Waals surface area (Å²) in [6.45, 7) is 5.30. The van der Waals surface area contributed by atoms with E-state index < -0.39 is 5.97 Å². The molecule has 0 aliphatic carbocycles. The maximum Gasteiger partial charge on any atom is 0.339 e. The number of piperidine rings is 1. The van der Waals surface area contributed by atoms with Crippen molar-refractivity contribution < 1.29 is 19.1 Å². The van der Waals surface area contributed by atoms with Crippen LogP contribution >= 0.6 is 11.8 Å². The first-order valence-electron chi connectivity index (χ1n) is 8.53. The van der Waals surface area contributed by atoms with Crippen molar-refractivity contribution >= 4 is 23.6 Å². The summed E-state index contributed by atoms with van der Waals surface area (Å²) in [7, 11) is 0. The minimum atomic E-state index is -1.01. The number of hydrogen-bond donors (Lipinski definition) is 1. The van der Waals surface area contributed by atoms with Crippen LogP contribution in [-0.2, 0) is 5.75 Å². The highest BCUT2D eigenvalue weighted by Crippen LogP contribution is 2.30. The summed E-state index contributed by atoms with van der Waals surface area (Å²) in [5.41, 5.74) is 0.811. The molecule has 1 N–H and O–H groups in total. The number of benzene rings is 1. The van der Waals surface area contributed by atoms with Gasteiger partial charge in [0.1, 0.15) is 11.3 Å². The maximum absolute atomic E-state index is 12.9. The van der Waals surface area contributed by atoms with Crippen molar-refractivity contribution in [1.82, 2.24) is 4.90 Å². The minimum absolute atomic E-state index is 0.0218. The van der Waals surface area contributed by atoms with Crippen molar-refractivity contribution in [3.05, 3.63) is 66.1 Å². The fourth-order valence-electron chi connectivity index (χ4n) is 3.06. The predicted molar refractivity (Wildman–Crippen MR) is 100 cm³/mol. The van der Waals surface area contributed by atoms with E-state index in [-0.39, 0.29) is 11.5 Å². The van der Waals surface area contributed by atoms with Gasteiger partial charge in [0, 0.05) is 18.0 Å². The Kier molecular flexibility index (Phi) is 5.83. The predicted octanol–water partition coefficient (Wildman–Crippen LogP) is 4.31. The Balaban J connectivity index is 1.72. The quantitative estimate of drug-likeness (QED) is 0.605. The van der Waals surface area contributed by atoms with E-state index in [4.69, 9.17) is 9.52 Å². The molecule has 5 nitrogen and oxygen atoms in total. The van der Waals surface area contributed by atoms with Gasteiger partial charge in [-0.3, -0.25) is 4.79 Å². The van der Waals surface area contributed by atoms with Crippen LogP contribution in [0.2, 0.25) is 0 Å². The standard InChI is InChI=1S/C20H21NO4S/c1-2-14-7-10-21(11-8-14)19(22)16-5-3-4-6-18(16)26-13-17-15(20(23)24)9-12-25-17/h2-6,9,12,14H,1,7-8,10-11,13H2,(H,23,24). The first-order chi connectivity index (χ1) is 12.6. The number of furan rings is 1. The lowest BCUT2D eigenvalue weighted by Gasteiger charge is -2.31. The van der Waals surface area contributed by atoms with Crippen LogP contribution in [0.1, 0.15) is 39.3 Å². The summed E-state index contributed by atoms with van der Waals surface area (Å²) in [5.74, 6) is 0.253. The van der Waals surface area contributed by atoms with Crippen LogP contribution in [0.25, 0.3) is 0 Å². The van der Waals surface area contributed by atoms with E-state index in [1.807, 2.05) is 35.2 Å². The molecule has 1 aliphatic rings. The number of carboxylic acid groups (broad SMARTS) is 1. The van der Waals surface area contributed by atoms with Gasteiger partial charge in [0.25, 0.3) is 5.91 Å². The molecule has 6 heteroatoms. The molecule has 1 saturated heterocycles. The molecule has 2 heterocycles. The number of likely N-dealkylation sites (tertiary alicyclic amines) is 1. The van der Waals surface area contributed by atoms with Gasteiger partial charge < -0.3 is 14.4 Å². The Morgan fingerprint density at radius 3 is 2.65 bits per heavy atom. The molecular weight excluding hydrogens is 350 g/mol. The van der Waals surface area contributed by atoms with E-state index in [0.29, 0.717) is 23.0 Å². The highest BCUT2D eigenvalue weighted by atomic mass is 32.2. The van der Waals surface area contributed by atoms with E-state index >= 15 is 0 Å². The van der Waals surface area contributed by atoms with Crippen LogP contribution in [0.5, 0.6) is 0 Å². The summed E-state index contributed by atoms with van der Waals surface area (Å²) >= 11 is 1.41. The van der Waals surface area contributed by atoms with E-state index in [1.54, 1.807) is 0 Å². The van der Waals surface area contributed by atoms with Gasteiger partial charge in [0.15, 0.2) is 0 Å². The van der Waals surface area contributed by atoms with Crippen LogP contribution in [0.3, 0.4) is 0 Å². The average molecular weight is 371 g/mol. The second-order valence-corrected chi connectivity index (χ2v) is 7.23. The lowest BCUT2D eigenvalue weighted by atomic mass is 9.96. The summed E-state index contributed by atoms with van der Waals surface area (Å²) in [5, 5.41) is 9.17. The number of rotatable bonds is 6. The van der Waals surface area contributed by atoms with Crippen molar-refractivity contribution in [3.8, 4) is 0 Å². The van der Waals surface area contributed by atoms with Gasteiger partial charge in [-0.25, -0.2) is 4.79 Å². The molecule has 3 rings (SSSR count). The fourth-order valence-corrected chi connectivity index (χ4v) is 4.06. The highest BCUT2D eigenvalue weighted by molar-refractivity contribution is 7.98. The van der Waals surface area contributed by atoms with Gasteiger partial charge in [-0.05, 0) is 37.0 Å². The topological polar surface area (TPSA) is 70.8 Å². The molecule has 0 atom stereocenters. The molecule has 1 fully saturated rings. The Morgan fingerprint density at radius 2 is 1.96 bits per heavy atom. The Labute approximate surface area is 156 Å². The Bertz CT molecular complexity index is 806. The summed E-state index contributed by atoms with van der Waals surface area (Å²) < 4.78 is 5.28. The number of carboxylic acids is 1. The highest BCUT2D eigenvalue weighted by Gasteiger charge is 2.24. The van der Waals surface area contributed by atoms with Crippen molar-refractivity contribution in [1.29, 1.82) is 0 Å². The maximum atomic E-state index is 12.9. The van der Waals surface area contributed by atoms with Crippen LogP contribution in [0.15, 0.2) is 58.6 Å². The second kappa shape index (κ2) is 8.27. The van der Waals surface area contributed by atoms with Gasteiger partial charge in [-0.1, -0.05) is 18.2 Å². The van der Waals surface area contributed by atoms with Crippen LogP contribution < -0.4 is 0 Å². The van der Waals surface area contributed by atoms with Crippen molar-refractivity contribution in [3.63, 3.8) is 0 Å². The third-order valence-electron chi connectivity index (χ3n) is 4.61. The molecule has 1 aromatic heterocycles. The molecule has 136 valence electrons. The molecule has 0 unspecified atom stereocenters. The summed E-state index contributed by atoms with van der Waals surface area (Å²) in [6.07, 6.45) is 5.23. The third kappa shape index (κ3) is 4.02. The van der Waals surface area contributed by atoms with Crippen LogP contribution in [-0.4, -0.2) is 35.0 Å². The molecule has 0 bridgehead atoms. The van der Waals surface area contributed by atoms with Crippen molar-refractivity contribution in [2.45, 2.75) is 23.5 Å². The van der Waals surface area contributed by atoms with E-state index in [2.05, 4.69) is 6.58 Å². The molecular formula is C20H21NO4S. The van der Waals surface area contributed by atoms with Gasteiger partial charge in [0.2, 0.25) is 0 Å². The second-order valence-electron chi connectivity index (χ2n) is 6.21. The lowest BCUT2D eigenvalue weighted by molar-refractivity contribution is 0.0688. The first kappa shape index (κ1) is 18.3. The number of amides is 1. The number of hydrogen-bond acceptors (Lipinski definition) is 4. The lowest BCUT2D eigenvalue weighted by Crippen LogP contribution is -2.38. The van der Waals surface area contributed by atoms with Crippen LogP contribution in [0.4, 0.5) is 0 Å². The smallest absolute Gasteiger partial charge is 0.339 e. The van der Waals surface area contributed by atoms with Gasteiger partial charge in [-0.2, -0.15) is 0 Å². The SMILES string of the molecule is C=CC1CCN(C(=O)c2ccccc2SCc2occc2C(=O)O)CC1. The molecule has 1 aromatic carbocycles. The zero-order chi connectivity index (χ0) is 18.5. The minimum Gasteiger partial charge on any atom is -0.478 e. The number of carbonyl (C=O) groups excluding carboxylic acids is 1. The van der Waals surface area contributed by atoms with Crippen LogP contribution in [0, 0.1) is 5.92 Å². The zero-order valence-corrected chi connectivity index (χ0v) is 15.2. The van der Waals surface area contributed by atoms with Gasteiger partial charge in [-0.15, -0.1) is 18.3 Å². The van der Waals surface area contributed by atoms with Gasteiger partial charge >= 0.3 is 5.97 Å². The Morgan fingerprint density at radius 1 is 1.23 bits per heavy atom. The first-order valence-corrected chi connectivity index (χ1v) is 9.52. The Hall–Kier alpha value is -2.47. The molecule has 1 aliphatic heterocycles. The molecule has 0 radical (unpaired) electrons. The summed E-state index contributed by atoms with van der Waals surface area (Å²) in [4.78, 5) is 26.8. The molecule has 2 aromatic rings. The summed E-state index contributed by atoms with van der Waals surface area (Å²) in [6, 6.07) is 8.88. The molecule has 26 heavy (non-hydrogen) atoms. The fraction of sp³-hybridized carbons (Fsp3) is 0.300. The number of allylic oxidation sites excluding steroid dienone is 1.